The number of hydrogen-bond acceptors (Lipinski definition) is 5. The van der Waals surface area contributed by atoms with Crippen LogP contribution < -0.4 is 5.73 Å². The van der Waals surface area contributed by atoms with Gasteiger partial charge in [0.05, 0.1) is 22.8 Å². The minimum Gasteiger partial charge on any atom is -0.363 e. The van der Waals surface area contributed by atoms with Crippen molar-refractivity contribution in [3.05, 3.63) is 52.1 Å². The quantitative estimate of drug-likeness (QED) is 0.817. The summed E-state index contributed by atoms with van der Waals surface area (Å²) in [6.07, 6.45) is -3.11. The normalized spacial score (nSPS) is 15.4. The molecule has 0 saturated heterocycles. The molecule has 1 aromatic carbocycles. The van der Waals surface area contributed by atoms with Crippen molar-refractivity contribution in [2.75, 3.05) is 6.54 Å². The van der Waals surface area contributed by atoms with Gasteiger partial charge in [0.15, 0.2) is 0 Å². The second-order valence-corrected chi connectivity index (χ2v) is 8.07. The zero-order valence-corrected chi connectivity index (χ0v) is 15.1. The Hall–Kier alpha value is -2.24. The zero-order valence-electron chi connectivity index (χ0n) is 13.5. The minimum absolute atomic E-state index is 0.00118. The van der Waals surface area contributed by atoms with Crippen molar-refractivity contribution in [3.63, 3.8) is 0 Å². The SMILES string of the molecule is NC(=O)c1ncc2c(n1)CN(S(=O)(=O)c1cc(C(F)(F)F)ccc1Cl)CC2. The van der Waals surface area contributed by atoms with Gasteiger partial charge in [-0.1, -0.05) is 11.6 Å². The molecule has 1 amide bonds. The van der Waals surface area contributed by atoms with Crippen molar-refractivity contribution in [2.45, 2.75) is 24.0 Å². The Balaban J connectivity index is 2.00. The lowest BCUT2D eigenvalue weighted by Crippen LogP contribution is -2.37. The highest BCUT2D eigenvalue weighted by Gasteiger charge is 2.35. The number of nitrogens with two attached hydrogens (primary N) is 1. The van der Waals surface area contributed by atoms with Crippen LogP contribution in [-0.4, -0.2) is 35.1 Å². The number of aromatic nitrogens is 2. The number of sulfonamides is 1. The van der Waals surface area contributed by atoms with Crippen LogP contribution in [0, 0.1) is 0 Å². The highest BCUT2D eigenvalue weighted by atomic mass is 35.5. The first-order chi connectivity index (χ1) is 12.5. The first kappa shape index (κ1) is 19.5. The number of carbonyl (C=O) groups excluding carboxylic acids is 1. The number of nitrogens with zero attached hydrogens (tertiary/aromatic N) is 3. The molecule has 2 heterocycles. The first-order valence-corrected chi connectivity index (χ1v) is 9.33. The smallest absolute Gasteiger partial charge is 0.363 e. The summed E-state index contributed by atoms with van der Waals surface area (Å²) in [5.41, 5.74) is 4.88. The Morgan fingerprint density at radius 1 is 1.30 bits per heavy atom. The molecule has 2 aromatic rings. The van der Waals surface area contributed by atoms with Gasteiger partial charge in [-0.05, 0) is 30.2 Å². The van der Waals surface area contributed by atoms with Gasteiger partial charge >= 0.3 is 6.18 Å². The number of alkyl halides is 3. The fourth-order valence-electron chi connectivity index (χ4n) is 2.62. The van der Waals surface area contributed by atoms with E-state index in [1.165, 1.54) is 6.20 Å². The van der Waals surface area contributed by atoms with Gasteiger partial charge in [-0.15, -0.1) is 0 Å². The van der Waals surface area contributed by atoms with Crippen LogP contribution in [0.5, 0.6) is 0 Å². The Bertz CT molecular complexity index is 1030. The number of benzene rings is 1. The number of amides is 1. The van der Waals surface area contributed by atoms with Crippen molar-refractivity contribution in [1.29, 1.82) is 0 Å². The van der Waals surface area contributed by atoms with Gasteiger partial charge in [-0.25, -0.2) is 18.4 Å². The van der Waals surface area contributed by atoms with E-state index in [0.29, 0.717) is 17.7 Å². The van der Waals surface area contributed by atoms with E-state index < -0.39 is 32.6 Å². The van der Waals surface area contributed by atoms with Gasteiger partial charge in [0.2, 0.25) is 15.8 Å². The molecule has 1 aliphatic heterocycles. The molecular weight excluding hydrogens is 409 g/mol. The largest absolute Gasteiger partial charge is 0.416 e. The van der Waals surface area contributed by atoms with Crippen LogP contribution in [0.15, 0.2) is 29.3 Å². The zero-order chi connectivity index (χ0) is 20.0. The molecule has 2 N–H and O–H groups in total. The number of carbonyl (C=O) groups is 1. The van der Waals surface area contributed by atoms with Gasteiger partial charge < -0.3 is 5.73 Å². The van der Waals surface area contributed by atoms with Gasteiger partial charge in [-0.2, -0.15) is 17.5 Å². The third-order valence-electron chi connectivity index (χ3n) is 4.01. The van der Waals surface area contributed by atoms with E-state index in [2.05, 4.69) is 9.97 Å². The summed E-state index contributed by atoms with van der Waals surface area (Å²) in [6, 6.07) is 2.10. The molecule has 7 nitrogen and oxygen atoms in total. The molecule has 0 spiro atoms. The van der Waals surface area contributed by atoms with E-state index in [-0.39, 0.29) is 36.1 Å². The number of hydrogen-bond donors (Lipinski definition) is 1. The van der Waals surface area contributed by atoms with Gasteiger partial charge in [0, 0.05) is 12.7 Å². The van der Waals surface area contributed by atoms with Crippen molar-refractivity contribution >= 4 is 27.5 Å². The highest BCUT2D eigenvalue weighted by molar-refractivity contribution is 7.89. The van der Waals surface area contributed by atoms with Gasteiger partial charge in [0.1, 0.15) is 4.90 Å². The topological polar surface area (TPSA) is 106 Å². The molecular formula is C15H12ClF3N4O3S. The summed E-state index contributed by atoms with van der Waals surface area (Å²) >= 11 is 5.86. The first-order valence-electron chi connectivity index (χ1n) is 7.51. The maximum atomic E-state index is 12.9. The molecule has 0 unspecified atom stereocenters. The Labute approximate surface area is 157 Å². The summed E-state index contributed by atoms with van der Waals surface area (Å²) < 4.78 is 65.5. The highest BCUT2D eigenvalue weighted by Crippen LogP contribution is 2.35. The van der Waals surface area contributed by atoms with E-state index in [4.69, 9.17) is 17.3 Å². The maximum absolute atomic E-state index is 12.9. The van der Waals surface area contributed by atoms with Crippen LogP contribution in [0.25, 0.3) is 0 Å². The van der Waals surface area contributed by atoms with E-state index in [1.54, 1.807) is 0 Å². The van der Waals surface area contributed by atoms with Crippen LogP contribution >= 0.6 is 11.6 Å². The minimum atomic E-state index is -4.72. The van der Waals surface area contributed by atoms with E-state index >= 15 is 0 Å². The van der Waals surface area contributed by atoms with Crippen LogP contribution in [0.3, 0.4) is 0 Å². The van der Waals surface area contributed by atoms with Crippen molar-refractivity contribution in [3.8, 4) is 0 Å². The summed E-state index contributed by atoms with van der Waals surface area (Å²) in [6.45, 7) is -0.242. The Morgan fingerprint density at radius 2 is 2.00 bits per heavy atom. The van der Waals surface area contributed by atoms with Crippen LogP contribution in [0.4, 0.5) is 13.2 Å². The lowest BCUT2D eigenvalue weighted by molar-refractivity contribution is -0.137. The number of primary amides is 1. The summed E-state index contributed by atoms with van der Waals surface area (Å²) in [7, 11) is -4.33. The molecule has 27 heavy (non-hydrogen) atoms. The molecule has 0 aliphatic carbocycles. The molecule has 0 atom stereocenters. The predicted octanol–water partition coefficient (Wildman–Crippen LogP) is 1.99. The fourth-order valence-corrected chi connectivity index (χ4v) is 4.52. The molecule has 1 aromatic heterocycles. The third-order valence-corrected chi connectivity index (χ3v) is 6.33. The second kappa shape index (κ2) is 6.73. The van der Waals surface area contributed by atoms with Crippen molar-refractivity contribution < 1.29 is 26.4 Å². The lowest BCUT2D eigenvalue weighted by atomic mass is 10.1. The molecule has 0 fully saturated rings. The number of rotatable bonds is 3. The van der Waals surface area contributed by atoms with Crippen molar-refractivity contribution in [1.82, 2.24) is 14.3 Å². The van der Waals surface area contributed by atoms with Crippen LogP contribution in [0.2, 0.25) is 5.02 Å². The summed E-state index contributed by atoms with van der Waals surface area (Å²) in [5.74, 6) is -1.15. The second-order valence-electron chi connectivity index (χ2n) is 5.76. The lowest BCUT2D eigenvalue weighted by Gasteiger charge is -2.27. The molecule has 12 heteroatoms. The average molecular weight is 421 g/mol. The van der Waals surface area contributed by atoms with Gasteiger partial charge in [-0.3, -0.25) is 4.79 Å². The fraction of sp³-hybridized carbons (Fsp3) is 0.267. The Morgan fingerprint density at radius 3 is 2.63 bits per heavy atom. The summed E-state index contributed by atoms with van der Waals surface area (Å²) in [5, 5.41) is -0.325. The van der Waals surface area contributed by atoms with Gasteiger partial charge in [0.25, 0.3) is 5.91 Å². The standard InChI is InChI=1S/C15H12ClF3N4O3S/c16-10-2-1-9(15(17,18)19)5-12(10)27(25,26)23-4-3-8-6-21-14(13(20)24)22-11(8)7-23/h1-2,5-6H,3-4,7H2,(H2,20,24). The number of fused-ring (bicyclic) bond motifs is 1. The van der Waals surface area contributed by atoms with Crippen molar-refractivity contribution in [2.24, 2.45) is 5.73 Å². The summed E-state index contributed by atoms with van der Waals surface area (Å²) in [4.78, 5) is 18.3. The van der Waals surface area contributed by atoms with E-state index in [9.17, 15) is 26.4 Å². The van der Waals surface area contributed by atoms with Crippen LogP contribution in [-0.2, 0) is 29.2 Å². The van der Waals surface area contributed by atoms with E-state index in [1.807, 2.05) is 0 Å². The molecule has 1 aliphatic rings. The average Bonchev–Trinajstić information content (AvgIpc) is 2.59. The maximum Gasteiger partial charge on any atom is 0.416 e. The molecule has 144 valence electrons. The molecule has 0 radical (unpaired) electrons. The van der Waals surface area contributed by atoms with Crippen LogP contribution in [0.1, 0.15) is 27.4 Å². The Kier molecular flexibility index (Phi) is 4.87. The monoisotopic (exact) mass is 420 g/mol. The molecule has 3 rings (SSSR count). The third kappa shape index (κ3) is 3.75. The number of halogens is 4. The molecule has 0 saturated carbocycles. The van der Waals surface area contributed by atoms with E-state index in [0.717, 1.165) is 10.4 Å². The predicted molar refractivity (Wildman–Crippen MR) is 88.3 cm³/mol. The molecule has 0 bridgehead atoms.